The van der Waals surface area contributed by atoms with E-state index in [0.29, 0.717) is 37.8 Å². The number of sulfonamides is 1. The molecule has 2 rings (SSSR count). The molecule has 6 nitrogen and oxygen atoms in total. The molecule has 1 aromatic carbocycles. The Bertz CT molecular complexity index is 780. The first-order valence-electron chi connectivity index (χ1n) is 7.47. The second kappa shape index (κ2) is 7.03. The number of carbonyl (C=O) groups is 2. The van der Waals surface area contributed by atoms with Crippen molar-refractivity contribution in [1.82, 2.24) is 5.32 Å². The molecule has 0 spiro atoms. The van der Waals surface area contributed by atoms with Crippen molar-refractivity contribution < 1.29 is 31.2 Å². The van der Waals surface area contributed by atoms with Gasteiger partial charge in [0, 0.05) is 18.9 Å². The molecule has 0 aliphatic heterocycles. The summed E-state index contributed by atoms with van der Waals surface area (Å²) in [7, 11) is -3.78. The van der Waals surface area contributed by atoms with Crippen LogP contribution in [0, 0.1) is 0 Å². The summed E-state index contributed by atoms with van der Waals surface area (Å²) in [4.78, 5) is 23.6. The molecule has 1 aliphatic carbocycles. The number of hydrogen-bond donors (Lipinski definition) is 2. The van der Waals surface area contributed by atoms with Crippen molar-refractivity contribution in [2.75, 3.05) is 11.0 Å². The van der Waals surface area contributed by atoms with Crippen LogP contribution in [0.5, 0.6) is 0 Å². The van der Waals surface area contributed by atoms with Crippen LogP contribution in [0.4, 0.5) is 18.9 Å². The van der Waals surface area contributed by atoms with Gasteiger partial charge in [-0.2, -0.15) is 13.2 Å². The second-order valence-electron chi connectivity index (χ2n) is 5.92. The summed E-state index contributed by atoms with van der Waals surface area (Å²) in [5.41, 5.74) is -1.72. The third-order valence-corrected chi connectivity index (χ3v) is 4.36. The predicted molar refractivity (Wildman–Crippen MR) is 84.6 cm³/mol. The molecule has 0 atom stereocenters. The lowest BCUT2D eigenvalue weighted by atomic mass is 9.94. The standard InChI is InChI=1S/C15H17F3N2O4S/c1-25(23,24)20-13-7-2-9(15(16,17)18)8-12(13)14(22)19-10-3-5-11(21)6-4-10/h2,7-8,10,20H,3-6H2,1H3,(H,19,22). The van der Waals surface area contributed by atoms with Crippen molar-refractivity contribution in [2.45, 2.75) is 37.9 Å². The summed E-state index contributed by atoms with van der Waals surface area (Å²) >= 11 is 0. The zero-order valence-corrected chi connectivity index (χ0v) is 14.1. The van der Waals surface area contributed by atoms with Crippen molar-refractivity contribution >= 4 is 27.4 Å². The number of Topliss-reactive ketones (excluding diaryl/α,β-unsaturated/α-hetero) is 1. The fourth-order valence-corrected chi connectivity index (χ4v) is 3.12. The molecule has 0 bridgehead atoms. The minimum atomic E-state index is -4.67. The van der Waals surface area contributed by atoms with Gasteiger partial charge in [0.05, 0.1) is 23.1 Å². The minimum absolute atomic E-state index is 0.0731. The summed E-state index contributed by atoms with van der Waals surface area (Å²) in [6.45, 7) is 0. The number of rotatable bonds is 4. The monoisotopic (exact) mass is 378 g/mol. The molecule has 1 aliphatic rings. The molecule has 0 aromatic heterocycles. The molecule has 0 radical (unpaired) electrons. The number of benzene rings is 1. The molecule has 0 saturated heterocycles. The first kappa shape index (κ1) is 19.2. The van der Waals surface area contributed by atoms with Crippen LogP contribution in [0.1, 0.15) is 41.6 Å². The molecule has 25 heavy (non-hydrogen) atoms. The van der Waals surface area contributed by atoms with Crippen LogP contribution in [-0.4, -0.2) is 32.4 Å². The first-order chi connectivity index (χ1) is 11.5. The Morgan fingerprint density at radius 2 is 1.80 bits per heavy atom. The van der Waals surface area contributed by atoms with Crippen molar-refractivity contribution in [3.63, 3.8) is 0 Å². The summed E-state index contributed by atoms with van der Waals surface area (Å²) < 4.78 is 63.5. The maximum Gasteiger partial charge on any atom is 0.416 e. The van der Waals surface area contributed by atoms with Gasteiger partial charge in [0.2, 0.25) is 10.0 Å². The average Bonchev–Trinajstić information content (AvgIpc) is 2.47. The van der Waals surface area contributed by atoms with Gasteiger partial charge in [-0.15, -0.1) is 0 Å². The third-order valence-electron chi connectivity index (χ3n) is 3.77. The fourth-order valence-electron chi connectivity index (χ4n) is 2.54. The molecule has 1 fully saturated rings. The zero-order valence-electron chi connectivity index (χ0n) is 13.3. The quantitative estimate of drug-likeness (QED) is 0.841. The predicted octanol–water partition coefficient (Wildman–Crippen LogP) is 2.32. The third kappa shape index (κ3) is 5.45. The van der Waals surface area contributed by atoms with Crippen LogP contribution < -0.4 is 10.0 Å². The first-order valence-corrected chi connectivity index (χ1v) is 9.36. The van der Waals surface area contributed by atoms with Gasteiger partial charge in [-0.05, 0) is 31.0 Å². The minimum Gasteiger partial charge on any atom is -0.349 e. The molecular formula is C15H17F3N2O4S. The maximum atomic E-state index is 12.9. The molecule has 1 amide bonds. The highest BCUT2D eigenvalue weighted by atomic mass is 32.2. The Kier molecular flexibility index (Phi) is 5.40. The van der Waals surface area contributed by atoms with Gasteiger partial charge < -0.3 is 5.32 Å². The lowest BCUT2D eigenvalue weighted by Gasteiger charge is -2.23. The van der Waals surface area contributed by atoms with E-state index in [4.69, 9.17) is 0 Å². The summed E-state index contributed by atoms with van der Waals surface area (Å²) in [5.74, 6) is -0.749. The van der Waals surface area contributed by atoms with E-state index in [-0.39, 0.29) is 17.5 Å². The fraction of sp³-hybridized carbons (Fsp3) is 0.467. The van der Waals surface area contributed by atoms with Crippen molar-refractivity contribution in [1.29, 1.82) is 0 Å². The molecular weight excluding hydrogens is 361 g/mol. The van der Waals surface area contributed by atoms with E-state index in [2.05, 4.69) is 5.32 Å². The molecule has 1 aromatic rings. The Morgan fingerprint density at radius 1 is 1.20 bits per heavy atom. The zero-order chi connectivity index (χ0) is 18.8. The Hall–Kier alpha value is -2.10. The second-order valence-corrected chi connectivity index (χ2v) is 7.67. The molecule has 138 valence electrons. The number of anilines is 1. The van der Waals surface area contributed by atoms with Crippen molar-refractivity contribution in [3.8, 4) is 0 Å². The van der Waals surface area contributed by atoms with E-state index in [9.17, 15) is 31.2 Å². The summed E-state index contributed by atoms with van der Waals surface area (Å²) in [6.07, 6.45) is -2.45. The number of halogens is 3. The van der Waals surface area contributed by atoms with Gasteiger partial charge in [-0.3, -0.25) is 14.3 Å². The Balaban J connectivity index is 2.31. The SMILES string of the molecule is CS(=O)(=O)Nc1ccc(C(F)(F)F)cc1C(=O)NC1CCC(=O)CC1. The summed E-state index contributed by atoms with van der Waals surface area (Å²) in [6, 6.07) is 1.87. The van der Waals surface area contributed by atoms with Crippen LogP contribution in [0.2, 0.25) is 0 Å². The van der Waals surface area contributed by atoms with E-state index in [1.54, 1.807) is 0 Å². The van der Waals surface area contributed by atoms with E-state index < -0.39 is 33.2 Å². The lowest BCUT2D eigenvalue weighted by Crippen LogP contribution is -2.38. The Labute approximate surface area is 142 Å². The van der Waals surface area contributed by atoms with Crippen molar-refractivity contribution in [3.05, 3.63) is 29.3 Å². The molecule has 10 heteroatoms. The number of carbonyl (C=O) groups excluding carboxylic acids is 2. The maximum absolute atomic E-state index is 12.9. The van der Waals surface area contributed by atoms with Gasteiger partial charge in [0.1, 0.15) is 5.78 Å². The largest absolute Gasteiger partial charge is 0.416 e. The van der Waals surface area contributed by atoms with Gasteiger partial charge in [-0.1, -0.05) is 0 Å². The van der Waals surface area contributed by atoms with Gasteiger partial charge in [0.15, 0.2) is 0 Å². The van der Waals surface area contributed by atoms with Gasteiger partial charge in [-0.25, -0.2) is 8.42 Å². The molecule has 0 unspecified atom stereocenters. The van der Waals surface area contributed by atoms with E-state index in [0.717, 1.165) is 12.3 Å². The van der Waals surface area contributed by atoms with Crippen LogP contribution in [-0.2, 0) is 21.0 Å². The van der Waals surface area contributed by atoms with Crippen molar-refractivity contribution in [2.24, 2.45) is 0 Å². The highest BCUT2D eigenvalue weighted by Gasteiger charge is 2.32. The molecule has 0 heterocycles. The van der Waals surface area contributed by atoms with E-state index >= 15 is 0 Å². The molecule has 2 N–H and O–H groups in total. The smallest absolute Gasteiger partial charge is 0.349 e. The Morgan fingerprint density at radius 3 is 2.32 bits per heavy atom. The highest BCUT2D eigenvalue weighted by molar-refractivity contribution is 7.92. The van der Waals surface area contributed by atoms with Gasteiger partial charge in [0.25, 0.3) is 5.91 Å². The van der Waals surface area contributed by atoms with Crippen LogP contribution in [0.25, 0.3) is 0 Å². The van der Waals surface area contributed by atoms with Crippen LogP contribution >= 0.6 is 0 Å². The number of hydrogen-bond acceptors (Lipinski definition) is 4. The normalized spacial score (nSPS) is 16.6. The molecule has 1 saturated carbocycles. The number of ketones is 1. The van der Waals surface area contributed by atoms with Crippen LogP contribution in [0.15, 0.2) is 18.2 Å². The topological polar surface area (TPSA) is 92.3 Å². The van der Waals surface area contributed by atoms with E-state index in [1.165, 1.54) is 0 Å². The van der Waals surface area contributed by atoms with Gasteiger partial charge >= 0.3 is 6.18 Å². The average molecular weight is 378 g/mol. The highest BCUT2D eigenvalue weighted by Crippen LogP contribution is 2.32. The number of amides is 1. The van der Waals surface area contributed by atoms with E-state index in [1.807, 2.05) is 4.72 Å². The van der Waals surface area contributed by atoms with Crippen LogP contribution in [0.3, 0.4) is 0 Å². The number of nitrogens with one attached hydrogen (secondary N) is 2. The lowest BCUT2D eigenvalue weighted by molar-refractivity contribution is -0.137. The number of alkyl halides is 3. The summed E-state index contributed by atoms with van der Waals surface area (Å²) in [5, 5.41) is 2.57.